The summed E-state index contributed by atoms with van der Waals surface area (Å²) in [4.78, 5) is 16.6. The van der Waals surface area contributed by atoms with E-state index in [9.17, 15) is 9.90 Å². The van der Waals surface area contributed by atoms with E-state index in [1.54, 1.807) is 0 Å². The monoisotopic (exact) mass is 383 g/mol. The fourth-order valence-corrected chi connectivity index (χ4v) is 4.64. The molecular formula is C19H33N3O5. The summed E-state index contributed by atoms with van der Waals surface area (Å²) in [6, 6.07) is 0.497. The van der Waals surface area contributed by atoms with Crippen molar-refractivity contribution < 1.29 is 24.1 Å². The Kier molecular flexibility index (Phi) is 6.31. The molecule has 0 aliphatic carbocycles. The highest BCUT2D eigenvalue weighted by molar-refractivity contribution is 5.76. The maximum atomic E-state index is 12.4. The quantitative estimate of drug-likeness (QED) is 0.643. The van der Waals surface area contributed by atoms with Crippen molar-refractivity contribution in [3.8, 4) is 0 Å². The van der Waals surface area contributed by atoms with Gasteiger partial charge in [-0.15, -0.1) is 0 Å². The van der Waals surface area contributed by atoms with Gasteiger partial charge in [-0.3, -0.25) is 4.79 Å². The van der Waals surface area contributed by atoms with Crippen molar-refractivity contribution in [3.05, 3.63) is 0 Å². The second-order valence-electron chi connectivity index (χ2n) is 8.35. The molecule has 5 atom stereocenters. The number of carbonyl (C=O) groups excluding carboxylic acids is 1. The largest absolute Gasteiger partial charge is 0.388 e. The van der Waals surface area contributed by atoms with E-state index in [0.717, 1.165) is 25.9 Å². The third-order valence-corrected chi connectivity index (χ3v) is 6.37. The zero-order valence-electron chi connectivity index (χ0n) is 16.2. The van der Waals surface area contributed by atoms with E-state index in [0.29, 0.717) is 51.7 Å². The molecule has 0 spiro atoms. The van der Waals surface area contributed by atoms with Gasteiger partial charge in [0.15, 0.2) is 0 Å². The molecule has 4 aliphatic heterocycles. The Bertz CT molecular complexity index is 508. The molecule has 0 bridgehead atoms. The number of piperidine rings is 1. The van der Waals surface area contributed by atoms with Gasteiger partial charge in [0.1, 0.15) is 12.2 Å². The lowest BCUT2D eigenvalue weighted by atomic mass is 10.0. The number of rotatable bonds is 5. The van der Waals surface area contributed by atoms with Gasteiger partial charge >= 0.3 is 0 Å². The van der Waals surface area contributed by atoms with E-state index in [-0.39, 0.29) is 30.3 Å². The molecule has 5 unspecified atom stereocenters. The first-order valence-electron chi connectivity index (χ1n) is 10.4. The van der Waals surface area contributed by atoms with E-state index in [1.165, 1.54) is 0 Å². The van der Waals surface area contributed by atoms with Crippen molar-refractivity contribution in [2.24, 2.45) is 0 Å². The van der Waals surface area contributed by atoms with Crippen LogP contribution < -0.4 is 5.32 Å². The molecule has 4 saturated heterocycles. The number of aliphatic hydroxyl groups excluding tert-OH is 1. The number of nitrogens with zero attached hydrogens (tertiary/aromatic N) is 2. The number of amides is 1. The van der Waals surface area contributed by atoms with E-state index in [1.807, 2.05) is 4.90 Å². The minimum absolute atomic E-state index is 0.105. The SMILES string of the molecule is CN1CCC(NCC2OC3CC(CC(=O)N4CCOCC4)OC3C2O)CC1. The Labute approximate surface area is 161 Å². The lowest BCUT2D eigenvalue weighted by Crippen LogP contribution is -2.46. The molecule has 8 nitrogen and oxygen atoms in total. The van der Waals surface area contributed by atoms with Crippen LogP contribution in [-0.4, -0.2) is 110 Å². The number of morpholine rings is 1. The van der Waals surface area contributed by atoms with Crippen molar-refractivity contribution in [1.29, 1.82) is 0 Å². The molecule has 4 rings (SSSR count). The first-order valence-corrected chi connectivity index (χ1v) is 10.4. The first-order chi connectivity index (χ1) is 13.1. The summed E-state index contributed by atoms with van der Waals surface area (Å²) in [6.45, 7) is 5.40. The van der Waals surface area contributed by atoms with Gasteiger partial charge in [0.2, 0.25) is 5.91 Å². The molecule has 0 aromatic carbocycles. The highest BCUT2D eigenvalue weighted by Gasteiger charge is 2.50. The van der Waals surface area contributed by atoms with Gasteiger partial charge in [-0.1, -0.05) is 0 Å². The normalized spacial score (nSPS) is 38.3. The molecular weight excluding hydrogens is 350 g/mol. The molecule has 4 aliphatic rings. The van der Waals surface area contributed by atoms with Gasteiger partial charge in [-0.25, -0.2) is 0 Å². The summed E-state index contributed by atoms with van der Waals surface area (Å²) in [5.74, 6) is 0.109. The summed E-state index contributed by atoms with van der Waals surface area (Å²) in [6.07, 6.45) is 1.89. The van der Waals surface area contributed by atoms with Gasteiger partial charge in [0, 0.05) is 32.1 Å². The molecule has 4 heterocycles. The average molecular weight is 383 g/mol. The van der Waals surface area contributed by atoms with Crippen LogP contribution in [0.4, 0.5) is 0 Å². The lowest BCUT2D eigenvalue weighted by Gasteiger charge is -2.31. The number of hydrogen-bond donors (Lipinski definition) is 2. The van der Waals surface area contributed by atoms with Crippen LogP contribution in [-0.2, 0) is 19.0 Å². The Morgan fingerprint density at radius 3 is 2.59 bits per heavy atom. The standard InChI is InChI=1S/C19H33N3O5/c1-21-4-2-13(3-5-21)20-12-16-18(24)19-15(27-16)10-14(26-19)11-17(23)22-6-8-25-9-7-22/h13-16,18-20,24H,2-12H2,1H3. The highest BCUT2D eigenvalue weighted by Crippen LogP contribution is 2.35. The smallest absolute Gasteiger partial charge is 0.225 e. The van der Waals surface area contributed by atoms with Crippen molar-refractivity contribution >= 4 is 5.91 Å². The average Bonchev–Trinajstić information content (AvgIpc) is 3.20. The number of carbonyl (C=O) groups is 1. The van der Waals surface area contributed by atoms with Crippen molar-refractivity contribution in [2.75, 3.05) is 53.0 Å². The van der Waals surface area contributed by atoms with E-state index < -0.39 is 6.10 Å². The van der Waals surface area contributed by atoms with Crippen LogP contribution in [0, 0.1) is 0 Å². The fourth-order valence-electron chi connectivity index (χ4n) is 4.64. The van der Waals surface area contributed by atoms with Crippen LogP contribution >= 0.6 is 0 Å². The molecule has 1 amide bonds. The number of fused-ring (bicyclic) bond motifs is 1. The van der Waals surface area contributed by atoms with Crippen LogP contribution in [0.15, 0.2) is 0 Å². The van der Waals surface area contributed by atoms with Crippen molar-refractivity contribution in [3.63, 3.8) is 0 Å². The second kappa shape index (κ2) is 8.71. The van der Waals surface area contributed by atoms with Gasteiger partial charge in [0.05, 0.1) is 37.9 Å². The van der Waals surface area contributed by atoms with E-state index >= 15 is 0 Å². The molecule has 4 fully saturated rings. The molecule has 0 aromatic rings. The molecule has 0 aromatic heterocycles. The predicted molar refractivity (Wildman–Crippen MR) is 98.5 cm³/mol. The molecule has 27 heavy (non-hydrogen) atoms. The number of aliphatic hydroxyl groups is 1. The topological polar surface area (TPSA) is 83.5 Å². The highest BCUT2D eigenvalue weighted by atomic mass is 16.6. The van der Waals surface area contributed by atoms with Gasteiger partial charge < -0.3 is 34.4 Å². The number of nitrogens with one attached hydrogen (secondary N) is 1. The van der Waals surface area contributed by atoms with Gasteiger partial charge in [0.25, 0.3) is 0 Å². The minimum atomic E-state index is -0.628. The summed E-state index contributed by atoms with van der Waals surface area (Å²) in [5.41, 5.74) is 0. The summed E-state index contributed by atoms with van der Waals surface area (Å²) in [7, 11) is 2.15. The van der Waals surface area contributed by atoms with Crippen LogP contribution in [0.25, 0.3) is 0 Å². The zero-order valence-corrected chi connectivity index (χ0v) is 16.2. The van der Waals surface area contributed by atoms with Crippen molar-refractivity contribution in [2.45, 2.75) is 62.2 Å². The Morgan fingerprint density at radius 1 is 1.15 bits per heavy atom. The van der Waals surface area contributed by atoms with Gasteiger partial charge in [-0.2, -0.15) is 0 Å². The Hall–Kier alpha value is -0.770. The summed E-state index contributed by atoms with van der Waals surface area (Å²) < 4.78 is 17.4. The Morgan fingerprint density at radius 2 is 1.89 bits per heavy atom. The third kappa shape index (κ3) is 4.63. The summed E-state index contributed by atoms with van der Waals surface area (Å²) >= 11 is 0. The molecule has 2 N–H and O–H groups in total. The fraction of sp³-hybridized carbons (Fsp3) is 0.947. The van der Waals surface area contributed by atoms with Crippen LogP contribution in [0.2, 0.25) is 0 Å². The van der Waals surface area contributed by atoms with Crippen LogP contribution in [0.5, 0.6) is 0 Å². The molecule has 0 saturated carbocycles. The minimum Gasteiger partial charge on any atom is -0.388 e. The lowest BCUT2D eigenvalue weighted by molar-refractivity contribution is -0.138. The van der Waals surface area contributed by atoms with Crippen molar-refractivity contribution in [1.82, 2.24) is 15.1 Å². The number of hydrogen-bond acceptors (Lipinski definition) is 7. The van der Waals surface area contributed by atoms with E-state index in [4.69, 9.17) is 14.2 Å². The number of likely N-dealkylation sites (tertiary alicyclic amines) is 1. The van der Waals surface area contributed by atoms with E-state index in [2.05, 4.69) is 17.3 Å². The molecule has 0 radical (unpaired) electrons. The maximum absolute atomic E-state index is 12.4. The third-order valence-electron chi connectivity index (χ3n) is 6.37. The van der Waals surface area contributed by atoms with Gasteiger partial charge in [-0.05, 0) is 33.0 Å². The molecule has 154 valence electrons. The van der Waals surface area contributed by atoms with Crippen LogP contribution in [0.1, 0.15) is 25.7 Å². The van der Waals surface area contributed by atoms with Crippen LogP contribution in [0.3, 0.4) is 0 Å². The second-order valence-corrected chi connectivity index (χ2v) is 8.35. The zero-order chi connectivity index (χ0) is 18.8. The maximum Gasteiger partial charge on any atom is 0.225 e. The summed E-state index contributed by atoms with van der Waals surface area (Å²) in [5, 5.41) is 14.2. The molecule has 8 heteroatoms. The predicted octanol–water partition coefficient (Wildman–Crippen LogP) is -0.795. The Balaban J connectivity index is 1.20. The first kappa shape index (κ1) is 19.5. The number of ether oxygens (including phenoxy) is 3.